The van der Waals surface area contributed by atoms with Gasteiger partial charge in [0.15, 0.2) is 0 Å². The molecule has 2 aromatic heterocycles. The van der Waals surface area contributed by atoms with E-state index in [9.17, 15) is 4.79 Å². The van der Waals surface area contributed by atoms with Crippen LogP contribution in [0.5, 0.6) is 0 Å². The molecule has 116 valence electrons. The van der Waals surface area contributed by atoms with E-state index in [1.807, 2.05) is 13.0 Å². The van der Waals surface area contributed by atoms with Crippen LogP contribution in [0, 0.1) is 6.92 Å². The second-order valence-corrected chi connectivity index (χ2v) is 5.47. The van der Waals surface area contributed by atoms with Crippen LogP contribution in [0.2, 0.25) is 0 Å². The van der Waals surface area contributed by atoms with Crippen molar-refractivity contribution in [1.29, 1.82) is 0 Å². The molecule has 2 heterocycles. The number of fused-ring (bicyclic) bond motifs is 1. The van der Waals surface area contributed by atoms with Crippen LogP contribution in [0.1, 0.15) is 27.2 Å². The van der Waals surface area contributed by atoms with Crippen molar-refractivity contribution in [2.45, 2.75) is 13.3 Å². The molecule has 0 saturated heterocycles. The van der Waals surface area contributed by atoms with Gasteiger partial charge in [0.05, 0.1) is 23.9 Å². The van der Waals surface area contributed by atoms with Gasteiger partial charge < -0.3 is 10.5 Å². The lowest BCUT2D eigenvalue weighted by atomic mass is 10.0. The zero-order chi connectivity index (χ0) is 16.4. The lowest BCUT2D eigenvalue weighted by Gasteiger charge is -2.08. The number of hydrogen-bond donors (Lipinski definition) is 1. The van der Waals surface area contributed by atoms with Crippen LogP contribution in [-0.4, -0.2) is 23.0 Å². The third-order valence-electron chi connectivity index (χ3n) is 3.63. The number of benzene rings is 1. The minimum atomic E-state index is -0.369. The molecule has 0 amide bonds. The number of aromatic nitrogens is 2. The van der Waals surface area contributed by atoms with Crippen LogP contribution in [0.4, 0.5) is 5.69 Å². The first kappa shape index (κ1) is 15.0. The highest BCUT2D eigenvalue weighted by molar-refractivity contribution is 5.90. The first-order valence-electron chi connectivity index (χ1n) is 7.25. The normalized spacial score (nSPS) is 10.7. The van der Waals surface area contributed by atoms with Crippen molar-refractivity contribution < 1.29 is 9.53 Å². The molecule has 0 bridgehead atoms. The number of methoxy groups -OCH3 is 1. The Morgan fingerprint density at radius 2 is 2.04 bits per heavy atom. The molecule has 3 rings (SSSR count). The summed E-state index contributed by atoms with van der Waals surface area (Å²) in [5.41, 5.74) is 10.9. The van der Waals surface area contributed by atoms with Crippen molar-refractivity contribution in [2.24, 2.45) is 0 Å². The van der Waals surface area contributed by atoms with Crippen LogP contribution in [0.25, 0.3) is 10.9 Å². The van der Waals surface area contributed by atoms with Gasteiger partial charge >= 0.3 is 5.97 Å². The Labute approximate surface area is 134 Å². The maximum atomic E-state index is 11.6. The van der Waals surface area contributed by atoms with E-state index in [-0.39, 0.29) is 5.97 Å². The Hall–Kier alpha value is -2.95. The molecular formula is C18H17N3O2. The average Bonchev–Trinajstić information content (AvgIpc) is 2.54. The molecule has 0 spiro atoms. The third-order valence-corrected chi connectivity index (χ3v) is 3.63. The zero-order valence-corrected chi connectivity index (χ0v) is 13.0. The maximum absolute atomic E-state index is 11.6. The monoisotopic (exact) mass is 307 g/mol. The molecule has 0 radical (unpaired) electrons. The largest absolute Gasteiger partial charge is 0.465 e. The van der Waals surface area contributed by atoms with Crippen LogP contribution < -0.4 is 5.73 Å². The summed E-state index contributed by atoms with van der Waals surface area (Å²) in [6, 6.07) is 9.38. The fourth-order valence-corrected chi connectivity index (χ4v) is 2.58. The molecule has 23 heavy (non-hydrogen) atoms. The summed E-state index contributed by atoms with van der Waals surface area (Å²) in [7, 11) is 1.36. The van der Waals surface area contributed by atoms with E-state index in [0.717, 1.165) is 27.7 Å². The molecule has 0 saturated carbocycles. The van der Waals surface area contributed by atoms with Gasteiger partial charge in [-0.25, -0.2) is 4.79 Å². The van der Waals surface area contributed by atoms with Gasteiger partial charge in [-0.1, -0.05) is 0 Å². The van der Waals surface area contributed by atoms with Crippen LogP contribution in [0.3, 0.4) is 0 Å². The first-order valence-corrected chi connectivity index (χ1v) is 7.25. The number of nitrogens with zero attached hydrogens (tertiary/aromatic N) is 2. The predicted molar refractivity (Wildman–Crippen MR) is 89.3 cm³/mol. The standard InChI is InChI=1S/C18H17N3O2/c1-11-5-14-6-12(8-16(19)17(14)21-10-11)7-15-9-13(3-4-20-15)18(22)23-2/h3-6,8-10H,7,19H2,1-2H3. The minimum Gasteiger partial charge on any atom is -0.465 e. The lowest BCUT2D eigenvalue weighted by molar-refractivity contribution is 0.0600. The molecule has 0 fully saturated rings. The number of anilines is 1. The first-order chi connectivity index (χ1) is 11.1. The number of nitrogen functional groups attached to an aromatic ring is 1. The van der Waals surface area contributed by atoms with Crippen molar-refractivity contribution in [2.75, 3.05) is 12.8 Å². The van der Waals surface area contributed by atoms with Crippen LogP contribution in [-0.2, 0) is 11.2 Å². The summed E-state index contributed by atoms with van der Waals surface area (Å²) in [5.74, 6) is -0.369. The summed E-state index contributed by atoms with van der Waals surface area (Å²) >= 11 is 0. The molecule has 2 N–H and O–H groups in total. The predicted octanol–water partition coefficient (Wildman–Crippen LogP) is 2.90. The molecule has 0 atom stereocenters. The van der Waals surface area contributed by atoms with Crippen molar-refractivity contribution in [3.63, 3.8) is 0 Å². The molecule has 0 aliphatic carbocycles. The van der Waals surface area contributed by atoms with E-state index in [1.165, 1.54) is 7.11 Å². The van der Waals surface area contributed by atoms with Gasteiger partial charge in [-0.3, -0.25) is 9.97 Å². The van der Waals surface area contributed by atoms with Gasteiger partial charge in [0.1, 0.15) is 0 Å². The maximum Gasteiger partial charge on any atom is 0.337 e. The van der Waals surface area contributed by atoms with Crippen molar-refractivity contribution in [1.82, 2.24) is 9.97 Å². The number of aryl methyl sites for hydroxylation is 1. The van der Waals surface area contributed by atoms with E-state index < -0.39 is 0 Å². The van der Waals surface area contributed by atoms with Crippen LogP contribution in [0.15, 0.2) is 42.7 Å². The second-order valence-electron chi connectivity index (χ2n) is 5.47. The molecule has 0 aliphatic heterocycles. The molecule has 3 aromatic rings. The van der Waals surface area contributed by atoms with Crippen molar-refractivity contribution in [3.8, 4) is 0 Å². The highest BCUT2D eigenvalue weighted by Crippen LogP contribution is 2.23. The van der Waals surface area contributed by atoms with Gasteiger partial charge in [-0.15, -0.1) is 0 Å². The van der Waals surface area contributed by atoms with E-state index in [4.69, 9.17) is 10.5 Å². The van der Waals surface area contributed by atoms with E-state index in [1.54, 1.807) is 24.5 Å². The van der Waals surface area contributed by atoms with Gasteiger partial charge in [0.2, 0.25) is 0 Å². The Balaban J connectivity index is 1.97. The third kappa shape index (κ3) is 3.13. The van der Waals surface area contributed by atoms with Crippen molar-refractivity contribution in [3.05, 3.63) is 65.1 Å². The average molecular weight is 307 g/mol. The summed E-state index contributed by atoms with van der Waals surface area (Å²) in [5, 5.41) is 1.00. The Kier molecular flexibility index (Phi) is 3.93. The van der Waals surface area contributed by atoms with Gasteiger partial charge in [0, 0.05) is 29.9 Å². The number of ether oxygens (including phenoxy) is 1. The Bertz CT molecular complexity index is 891. The smallest absolute Gasteiger partial charge is 0.337 e. The number of carbonyl (C=O) groups excluding carboxylic acids is 1. The number of carbonyl (C=O) groups is 1. The lowest BCUT2D eigenvalue weighted by Crippen LogP contribution is -2.03. The molecule has 0 unspecified atom stereocenters. The zero-order valence-electron chi connectivity index (χ0n) is 13.0. The van der Waals surface area contributed by atoms with E-state index in [0.29, 0.717) is 17.7 Å². The van der Waals surface area contributed by atoms with Gasteiger partial charge in [-0.2, -0.15) is 0 Å². The molecule has 5 heteroatoms. The SMILES string of the molecule is COC(=O)c1ccnc(Cc2cc(N)c3ncc(C)cc3c2)c1. The fourth-order valence-electron chi connectivity index (χ4n) is 2.58. The molecule has 1 aromatic carbocycles. The summed E-state index contributed by atoms with van der Waals surface area (Å²) in [6.07, 6.45) is 4.00. The molecular weight excluding hydrogens is 290 g/mol. The van der Waals surface area contributed by atoms with Crippen molar-refractivity contribution >= 4 is 22.6 Å². The quantitative estimate of drug-likeness (QED) is 0.594. The highest BCUT2D eigenvalue weighted by atomic mass is 16.5. The summed E-state index contributed by atoms with van der Waals surface area (Å²) < 4.78 is 4.74. The highest BCUT2D eigenvalue weighted by Gasteiger charge is 2.09. The minimum absolute atomic E-state index is 0.369. The van der Waals surface area contributed by atoms with E-state index in [2.05, 4.69) is 22.1 Å². The van der Waals surface area contributed by atoms with Gasteiger partial charge in [-0.05, 0) is 48.4 Å². The number of rotatable bonds is 3. The number of esters is 1. The van der Waals surface area contributed by atoms with Gasteiger partial charge in [0.25, 0.3) is 0 Å². The topological polar surface area (TPSA) is 78.1 Å². The molecule has 5 nitrogen and oxygen atoms in total. The molecule has 0 aliphatic rings. The summed E-state index contributed by atoms with van der Waals surface area (Å²) in [6.45, 7) is 2.00. The Morgan fingerprint density at radius 3 is 2.83 bits per heavy atom. The number of nitrogens with two attached hydrogens (primary N) is 1. The summed E-state index contributed by atoms with van der Waals surface area (Å²) in [4.78, 5) is 20.3. The van der Waals surface area contributed by atoms with E-state index >= 15 is 0 Å². The number of hydrogen-bond acceptors (Lipinski definition) is 5. The fraction of sp³-hybridized carbons (Fsp3) is 0.167. The number of pyridine rings is 2. The Morgan fingerprint density at radius 1 is 1.22 bits per heavy atom. The second kappa shape index (κ2) is 6.04. The van der Waals surface area contributed by atoms with Crippen LogP contribution >= 0.6 is 0 Å².